The molecule has 2 aromatic rings. The van der Waals surface area contributed by atoms with Crippen LogP contribution in [-0.4, -0.2) is 28.0 Å². The number of hydrogen-bond donors (Lipinski definition) is 0. The Balaban J connectivity index is 0.00000132. The number of halogens is 1. The minimum atomic E-state index is 0. The lowest BCUT2D eigenvalue weighted by Gasteiger charge is -2.16. The van der Waals surface area contributed by atoms with Crippen molar-refractivity contribution in [2.75, 3.05) is 13.1 Å². The first-order chi connectivity index (χ1) is 10.3. The van der Waals surface area contributed by atoms with Crippen LogP contribution in [-0.2, 0) is 19.5 Å². The third kappa shape index (κ3) is 4.17. The molecule has 3 nitrogen and oxygen atoms in total. The first-order valence-electron chi connectivity index (χ1n) is 8.32. The van der Waals surface area contributed by atoms with Gasteiger partial charge in [0.05, 0.1) is 0 Å². The van der Waals surface area contributed by atoms with Gasteiger partial charge in [0.2, 0.25) is 0 Å². The van der Waals surface area contributed by atoms with Crippen molar-refractivity contribution in [1.82, 2.24) is 9.47 Å². The summed E-state index contributed by atoms with van der Waals surface area (Å²) >= 11 is 0. The second-order valence-electron chi connectivity index (χ2n) is 5.99. The fourth-order valence-electron chi connectivity index (χ4n) is 3.46. The summed E-state index contributed by atoms with van der Waals surface area (Å²) in [5, 5.41) is 0. The van der Waals surface area contributed by atoms with Crippen molar-refractivity contribution in [2.24, 2.45) is 0 Å². The lowest BCUT2D eigenvalue weighted by molar-refractivity contribution is 0.284. The Kier molecular flexibility index (Phi) is 7.83. The van der Waals surface area contributed by atoms with Crippen molar-refractivity contribution in [1.29, 1.82) is 0 Å². The Bertz CT molecular complexity index is 595. The molecule has 0 atom stereocenters. The van der Waals surface area contributed by atoms with Crippen LogP contribution in [0.1, 0.15) is 37.9 Å². The minimum Gasteiger partial charge on any atom is -0.412 e. The molecule has 3 rings (SSSR count). The van der Waals surface area contributed by atoms with E-state index in [9.17, 15) is 0 Å². The van der Waals surface area contributed by atoms with Gasteiger partial charge >= 0.3 is 0 Å². The van der Waals surface area contributed by atoms with Gasteiger partial charge in [-0.3, -0.25) is 4.90 Å². The molecule has 0 spiro atoms. The van der Waals surface area contributed by atoms with Gasteiger partial charge in [-0.2, -0.15) is 0 Å². The Hall–Kier alpha value is -1.29. The van der Waals surface area contributed by atoms with Gasteiger partial charge in [-0.15, -0.1) is 12.4 Å². The van der Waals surface area contributed by atoms with Crippen molar-refractivity contribution < 1.29 is 5.48 Å². The first kappa shape index (κ1) is 19.8. The maximum Gasteiger partial charge on any atom is 0.0485 e. The molecule has 128 valence electrons. The lowest BCUT2D eigenvalue weighted by atomic mass is 10.1. The Morgan fingerprint density at radius 3 is 2.48 bits per heavy atom. The van der Waals surface area contributed by atoms with Crippen molar-refractivity contribution in [2.45, 2.75) is 46.2 Å². The van der Waals surface area contributed by atoms with E-state index in [0.717, 1.165) is 19.6 Å². The van der Waals surface area contributed by atoms with E-state index in [2.05, 4.69) is 59.7 Å². The predicted octanol–water partition coefficient (Wildman–Crippen LogP) is 3.93. The number of hydrogen-bond acceptors (Lipinski definition) is 1. The largest absolute Gasteiger partial charge is 0.412 e. The molecule has 0 amide bonds. The van der Waals surface area contributed by atoms with Gasteiger partial charge in [0.15, 0.2) is 0 Å². The van der Waals surface area contributed by atoms with Crippen LogP contribution in [0.15, 0.2) is 36.4 Å². The molecule has 0 radical (unpaired) electrons. The third-order valence-electron chi connectivity index (χ3n) is 4.54. The molecule has 1 aliphatic heterocycles. The topological polar surface area (TPSA) is 39.7 Å². The standard InChI is InChI=1S/C19H26N2.ClH.H2O/c1-3-12-21-18-11-8-13-20(4-2)15-17(18)14-19(21)16-9-6-5-7-10-16;;/h5-7,9-10,14H,3-4,8,11-13,15H2,1-2H3;1H;1H2. The van der Waals surface area contributed by atoms with Gasteiger partial charge < -0.3 is 10.0 Å². The molecule has 2 N–H and O–H groups in total. The highest BCUT2D eigenvalue weighted by molar-refractivity contribution is 5.85. The fourth-order valence-corrected chi connectivity index (χ4v) is 3.46. The molecular formula is C19H29ClN2O. The Morgan fingerprint density at radius 1 is 1.09 bits per heavy atom. The van der Waals surface area contributed by atoms with Crippen LogP contribution in [0.4, 0.5) is 0 Å². The van der Waals surface area contributed by atoms with E-state index in [1.54, 1.807) is 11.3 Å². The zero-order valence-electron chi connectivity index (χ0n) is 14.2. The van der Waals surface area contributed by atoms with Crippen LogP contribution >= 0.6 is 12.4 Å². The number of fused-ring (bicyclic) bond motifs is 1. The van der Waals surface area contributed by atoms with Crippen LogP contribution in [0.5, 0.6) is 0 Å². The molecule has 0 saturated heterocycles. The van der Waals surface area contributed by atoms with Gasteiger partial charge in [0, 0.05) is 24.5 Å². The second kappa shape index (κ2) is 9.11. The van der Waals surface area contributed by atoms with Crippen molar-refractivity contribution in [3.8, 4) is 11.3 Å². The van der Waals surface area contributed by atoms with E-state index in [-0.39, 0.29) is 17.9 Å². The summed E-state index contributed by atoms with van der Waals surface area (Å²) < 4.78 is 2.57. The van der Waals surface area contributed by atoms with Gasteiger partial charge in [-0.05, 0) is 49.5 Å². The van der Waals surface area contributed by atoms with Crippen molar-refractivity contribution >= 4 is 12.4 Å². The normalized spacial score (nSPS) is 14.3. The van der Waals surface area contributed by atoms with E-state index < -0.39 is 0 Å². The zero-order chi connectivity index (χ0) is 14.7. The molecule has 1 aliphatic rings. The SMILES string of the molecule is CCCn1c(-c2ccccc2)cc2c1CCCN(CC)C2.Cl.O. The summed E-state index contributed by atoms with van der Waals surface area (Å²) in [6, 6.07) is 13.3. The number of benzene rings is 1. The van der Waals surface area contributed by atoms with E-state index in [4.69, 9.17) is 0 Å². The molecule has 2 heterocycles. The summed E-state index contributed by atoms with van der Waals surface area (Å²) in [5.41, 5.74) is 5.87. The molecule has 0 saturated carbocycles. The maximum absolute atomic E-state index is 2.57. The highest BCUT2D eigenvalue weighted by atomic mass is 35.5. The predicted molar refractivity (Wildman–Crippen MR) is 100 cm³/mol. The number of nitrogens with zero attached hydrogens (tertiary/aromatic N) is 2. The van der Waals surface area contributed by atoms with Gasteiger partial charge in [-0.1, -0.05) is 44.2 Å². The summed E-state index contributed by atoms with van der Waals surface area (Å²) in [5.74, 6) is 0. The maximum atomic E-state index is 2.57. The highest BCUT2D eigenvalue weighted by Crippen LogP contribution is 2.30. The smallest absolute Gasteiger partial charge is 0.0485 e. The summed E-state index contributed by atoms with van der Waals surface area (Å²) in [4.78, 5) is 2.57. The zero-order valence-corrected chi connectivity index (χ0v) is 15.0. The lowest BCUT2D eigenvalue weighted by Crippen LogP contribution is -2.22. The Labute approximate surface area is 146 Å². The van der Waals surface area contributed by atoms with Crippen LogP contribution in [0.3, 0.4) is 0 Å². The quantitative estimate of drug-likeness (QED) is 0.833. The van der Waals surface area contributed by atoms with Crippen molar-refractivity contribution in [3.63, 3.8) is 0 Å². The molecule has 0 unspecified atom stereocenters. The summed E-state index contributed by atoms with van der Waals surface area (Å²) in [6.07, 6.45) is 3.69. The Morgan fingerprint density at radius 2 is 1.83 bits per heavy atom. The van der Waals surface area contributed by atoms with E-state index in [1.807, 2.05) is 0 Å². The minimum absolute atomic E-state index is 0. The second-order valence-corrected chi connectivity index (χ2v) is 5.99. The molecular weight excluding hydrogens is 308 g/mol. The first-order valence-corrected chi connectivity index (χ1v) is 8.32. The summed E-state index contributed by atoms with van der Waals surface area (Å²) in [7, 11) is 0. The van der Waals surface area contributed by atoms with Gasteiger partial charge in [0.25, 0.3) is 0 Å². The fraction of sp³-hybridized carbons (Fsp3) is 0.474. The van der Waals surface area contributed by atoms with E-state index in [1.165, 1.54) is 37.1 Å². The van der Waals surface area contributed by atoms with Crippen LogP contribution in [0.2, 0.25) is 0 Å². The summed E-state index contributed by atoms with van der Waals surface area (Å²) in [6.45, 7) is 9.17. The monoisotopic (exact) mass is 336 g/mol. The van der Waals surface area contributed by atoms with E-state index >= 15 is 0 Å². The van der Waals surface area contributed by atoms with Crippen LogP contribution in [0.25, 0.3) is 11.3 Å². The molecule has 0 aliphatic carbocycles. The third-order valence-corrected chi connectivity index (χ3v) is 4.54. The molecule has 4 heteroatoms. The average Bonchev–Trinajstić information content (AvgIpc) is 2.73. The molecule has 1 aromatic carbocycles. The number of rotatable bonds is 4. The highest BCUT2D eigenvalue weighted by Gasteiger charge is 2.20. The van der Waals surface area contributed by atoms with Gasteiger partial charge in [-0.25, -0.2) is 0 Å². The van der Waals surface area contributed by atoms with Crippen LogP contribution in [0, 0.1) is 0 Å². The molecule has 0 bridgehead atoms. The average molecular weight is 337 g/mol. The van der Waals surface area contributed by atoms with Crippen molar-refractivity contribution in [3.05, 3.63) is 47.7 Å². The molecule has 0 fully saturated rings. The molecule has 1 aromatic heterocycles. The number of aromatic nitrogens is 1. The van der Waals surface area contributed by atoms with Gasteiger partial charge in [0.1, 0.15) is 0 Å². The molecule has 23 heavy (non-hydrogen) atoms. The van der Waals surface area contributed by atoms with E-state index in [0.29, 0.717) is 0 Å². The van der Waals surface area contributed by atoms with Crippen LogP contribution < -0.4 is 0 Å².